The third-order valence-corrected chi connectivity index (χ3v) is 3.50. The summed E-state index contributed by atoms with van der Waals surface area (Å²) in [6.45, 7) is -0.0733. The highest BCUT2D eigenvalue weighted by atomic mass is 19.4. The molecule has 0 aromatic heterocycles. The number of hydrogen-bond acceptors (Lipinski definition) is 2. The SMILES string of the molecule is O=C(O)C(CNCCC1CCCCC1)C(F)(F)F. The van der Waals surface area contributed by atoms with Gasteiger partial charge in [-0.25, -0.2) is 0 Å². The van der Waals surface area contributed by atoms with E-state index < -0.39 is 24.6 Å². The molecule has 0 bridgehead atoms. The molecule has 18 heavy (non-hydrogen) atoms. The Kier molecular flexibility index (Phi) is 5.91. The highest BCUT2D eigenvalue weighted by molar-refractivity contribution is 5.71. The molecule has 0 aliphatic heterocycles. The fourth-order valence-electron chi connectivity index (χ4n) is 2.37. The number of carbonyl (C=O) groups is 1. The predicted octanol–water partition coefficient (Wildman–Crippen LogP) is 2.81. The largest absolute Gasteiger partial charge is 0.481 e. The molecule has 0 saturated heterocycles. The molecule has 1 saturated carbocycles. The van der Waals surface area contributed by atoms with Crippen molar-refractivity contribution < 1.29 is 23.1 Å². The molecule has 106 valence electrons. The number of aliphatic carboxylic acids is 1. The topological polar surface area (TPSA) is 49.3 Å². The molecule has 2 N–H and O–H groups in total. The van der Waals surface area contributed by atoms with E-state index in [1.165, 1.54) is 19.3 Å². The minimum Gasteiger partial charge on any atom is -0.481 e. The van der Waals surface area contributed by atoms with E-state index in [4.69, 9.17) is 5.11 Å². The average molecular weight is 267 g/mol. The lowest BCUT2D eigenvalue weighted by atomic mass is 9.87. The van der Waals surface area contributed by atoms with Gasteiger partial charge in [0.2, 0.25) is 0 Å². The van der Waals surface area contributed by atoms with E-state index >= 15 is 0 Å². The fourth-order valence-corrected chi connectivity index (χ4v) is 2.37. The Hall–Kier alpha value is -0.780. The second-order valence-electron chi connectivity index (χ2n) is 4.93. The zero-order chi connectivity index (χ0) is 13.6. The number of carboxylic acids is 1. The number of alkyl halides is 3. The van der Waals surface area contributed by atoms with E-state index in [1.807, 2.05) is 0 Å². The van der Waals surface area contributed by atoms with Gasteiger partial charge in [0.05, 0.1) is 0 Å². The lowest BCUT2D eigenvalue weighted by Gasteiger charge is -2.22. The molecule has 3 nitrogen and oxygen atoms in total. The zero-order valence-electron chi connectivity index (χ0n) is 10.3. The van der Waals surface area contributed by atoms with Crippen LogP contribution in [0.1, 0.15) is 38.5 Å². The smallest absolute Gasteiger partial charge is 0.403 e. The van der Waals surface area contributed by atoms with Gasteiger partial charge in [-0.3, -0.25) is 4.79 Å². The van der Waals surface area contributed by atoms with Crippen molar-refractivity contribution in [3.8, 4) is 0 Å². The van der Waals surface area contributed by atoms with Crippen molar-refractivity contribution in [2.24, 2.45) is 11.8 Å². The van der Waals surface area contributed by atoms with Gasteiger partial charge in [-0.1, -0.05) is 32.1 Å². The van der Waals surface area contributed by atoms with Crippen LogP contribution in [-0.2, 0) is 4.79 Å². The summed E-state index contributed by atoms with van der Waals surface area (Å²) >= 11 is 0. The molecule has 1 fully saturated rings. The molecule has 0 aromatic carbocycles. The van der Waals surface area contributed by atoms with Gasteiger partial charge in [0.1, 0.15) is 0 Å². The van der Waals surface area contributed by atoms with Crippen molar-refractivity contribution in [3.63, 3.8) is 0 Å². The number of rotatable bonds is 6. The van der Waals surface area contributed by atoms with Gasteiger partial charge in [-0.15, -0.1) is 0 Å². The van der Waals surface area contributed by atoms with Gasteiger partial charge < -0.3 is 10.4 Å². The van der Waals surface area contributed by atoms with Crippen LogP contribution >= 0.6 is 0 Å². The van der Waals surface area contributed by atoms with Gasteiger partial charge in [-0.05, 0) is 18.9 Å². The summed E-state index contributed by atoms with van der Waals surface area (Å²) in [7, 11) is 0. The van der Waals surface area contributed by atoms with Crippen molar-refractivity contribution in [1.82, 2.24) is 5.32 Å². The highest BCUT2D eigenvalue weighted by Crippen LogP contribution is 2.27. The number of hydrogen-bond donors (Lipinski definition) is 2. The molecule has 1 atom stereocenters. The minimum atomic E-state index is -4.68. The van der Waals surface area contributed by atoms with E-state index in [1.54, 1.807) is 0 Å². The summed E-state index contributed by atoms with van der Waals surface area (Å²) in [5.74, 6) is -3.53. The Bertz CT molecular complexity index is 263. The first-order valence-electron chi connectivity index (χ1n) is 6.41. The third-order valence-electron chi connectivity index (χ3n) is 3.50. The molecule has 1 rings (SSSR count). The molecule has 6 heteroatoms. The van der Waals surface area contributed by atoms with Crippen LogP contribution in [0.15, 0.2) is 0 Å². The summed E-state index contributed by atoms with van der Waals surface area (Å²) in [6, 6.07) is 0. The van der Waals surface area contributed by atoms with E-state index in [0.717, 1.165) is 19.3 Å². The molecule has 1 aliphatic rings. The molecule has 0 spiro atoms. The second-order valence-corrected chi connectivity index (χ2v) is 4.93. The fraction of sp³-hybridized carbons (Fsp3) is 0.917. The van der Waals surface area contributed by atoms with Crippen molar-refractivity contribution in [1.29, 1.82) is 0 Å². The number of halogens is 3. The average Bonchev–Trinajstić information content (AvgIpc) is 2.27. The van der Waals surface area contributed by atoms with Gasteiger partial charge in [0.25, 0.3) is 0 Å². The minimum absolute atomic E-state index is 0.463. The first-order chi connectivity index (χ1) is 8.41. The van der Waals surface area contributed by atoms with E-state index in [2.05, 4.69) is 5.32 Å². The molecule has 0 heterocycles. The van der Waals surface area contributed by atoms with Crippen LogP contribution in [0, 0.1) is 11.8 Å². The Labute approximate surface area is 105 Å². The Morgan fingerprint density at radius 3 is 2.39 bits per heavy atom. The van der Waals surface area contributed by atoms with Crippen LogP contribution < -0.4 is 5.32 Å². The summed E-state index contributed by atoms with van der Waals surface area (Å²) in [5, 5.41) is 11.1. The van der Waals surface area contributed by atoms with Crippen LogP contribution in [-0.4, -0.2) is 30.3 Å². The maximum atomic E-state index is 12.3. The standard InChI is InChI=1S/C12H20F3NO2/c13-12(14,15)10(11(17)18)8-16-7-6-9-4-2-1-3-5-9/h9-10,16H,1-8H2,(H,17,18). The van der Waals surface area contributed by atoms with Crippen molar-refractivity contribution in [2.75, 3.05) is 13.1 Å². The maximum Gasteiger partial charge on any atom is 0.403 e. The summed E-state index contributed by atoms with van der Waals surface area (Å²) in [4.78, 5) is 10.5. The summed E-state index contributed by atoms with van der Waals surface area (Å²) in [5.41, 5.74) is 0. The van der Waals surface area contributed by atoms with Gasteiger partial charge in [0.15, 0.2) is 5.92 Å². The first-order valence-corrected chi connectivity index (χ1v) is 6.41. The molecule has 1 unspecified atom stereocenters. The zero-order valence-corrected chi connectivity index (χ0v) is 10.3. The van der Waals surface area contributed by atoms with Crippen LogP contribution in [0.2, 0.25) is 0 Å². The summed E-state index contributed by atoms with van der Waals surface area (Å²) < 4.78 is 37.0. The molecule has 0 amide bonds. The van der Waals surface area contributed by atoms with Crippen molar-refractivity contribution in [2.45, 2.75) is 44.7 Å². The third kappa shape index (κ3) is 5.25. The first kappa shape index (κ1) is 15.3. The van der Waals surface area contributed by atoms with Crippen LogP contribution in [0.4, 0.5) is 13.2 Å². The Morgan fingerprint density at radius 1 is 1.28 bits per heavy atom. The summed E-state index contributed by atoms with van der Waals surface area (Å²) in [6.07, 6.45) is 2.09. The molecular weight excluding hydrogens is 247 g/mol. The monoisotopic (exact) mass is 267 g/mol. The Balaban J connectivity index is 2.20. The molecule has 1 aliphatic carbocycles. The Morgan fingerprint density at radius 2 is 1.89 bits per heavy atom. The normalized spacial score (nSPS) is 19.7. The quantitative estimate of drug-likeness (QED) is 0.727. The second kappa shape index (κ2) is 6.97. The van der Waals surface area contributed by atoms with Gasteiger partial charge >= 0.3 is 12.1 Å². The van der Waals surface area contributed by atoms with Crippen LogP contribution in [0.25, 0.3) is 0 Å². The number of nitrogens with one attached hydrogen (secondary N) is 1. The lowest BCUT2D eigenvalue weighted by molar-refractivity contribution is -0.192. The van der Waals surface area contributed by atoms with E-state index in [-0.39, 0.29) is 0 Å². The van der Waals surface area contributed by atoms with E-state index in [9.17, 15) is 18.0 Å². The molecule has 0 radical (unpaired) electrons. The van der Waals surface area contributed by atoms with Crippen molar-refractivity contribution >= 4 is 5.97 Å². The van der Waals surface area contributed by atoms with E-state index in [0.29, 0.717) is 12.5 Å². The molecular formula is C12H20F3NO2. The van der Waals surface area contributed by atoms with Gasteiger partial charge in [-0.2, -0.15) is 13.2 Å². The molecule has 0 aromatic rings. The number of carboxylic acid groups (broad SMARTS) is 1. The van der Waals surface area contributed by atoms with Crippen LogP contribution in [0.3, 0.4) is 0 Å². The van der Waals surface area contributed by atoms with Crippen LogP contribution in [0.5, 0.6) is 0 Å². The van der Waals surface area contributed by atoms with Gasteiger partial charge in [0, 0.05) is 6.54 Å². The lowest BCUT2D eigenvalue weighted by Crippen LogP contribution is -2.39. The highest BCUT2D eigenvalue weighted by Gasteiger charge is 2.44. The van der Waals surface area contributed by atoms with Crippen molar-refractivity contribution in [3.05, 3.63) is 0 Å². The maximum absolute atomic E-state index is 12.3. The predicted molar refractivity (Wildman–Crippen MR) is 61.2 cm³/mol.